The molecule has 2 heterocycles. The number of hydrogen-bond acceptors (Lipinski definition) is 4. The fourth-order valence-electron chi connectivity index (χ4n) is 4.70. The second kappa shape index (κ2) is 8.66. The lowest BCUT2D eigenvalue weighted by molar-refractivity contribution is -0.116. The minimum absolute atomic E-state index is 0.0333. The minimum atomic E-state index is -0.196. The fourth-order valence-corrected chi connectivity index (χ4v) is 4.95. The summed E-state index contributed by atoms with van der Waals surface area (Å²) >= 11 is 6.30. The third kappa shape index (κ3) is 3.87. The Morgan fingerprint density at radius 1 is 1.15 bits per heavy atom. The quantitative estimate of drug-likeness (QED) is 0.370. The van der Waals surface area contributed by atoms with Crippen LogP contribution in [0.4, 0.5) is 11.4 Å². The number of likely N-dealkylation sites (N-methyl/N-ethyl adjacent to an activating group) is 1. The molecule has 1 aliphatic heterocycles. The lowest BCUT2D eigenvalue weighted by Gasteiger charge is -2.17. The summed E-state index contributed by atoms with van der Waals surface area (Å²) in [4.78, 5) is 32.3. The van der Waals surface area contributed by atoms with Crippen molar-refractivity contribution >= 4 is 56.5 Å². The van der Waals surface area contributed by atoms with Gasteiger partial charge in [-0.1, -0.05) is 30.3 Å². The number of alkyl halides is 1. The summed E-state index contributed by atoms with van der Waals surface area (Å²) in [6.45, 7) is 0.719. The van der Waals surface area contributed by atoms with Gasteiger partial charge in [0.25, 0.3) is 5.91 Å². The third-order valence-electron chi connectivity index (χ3n) is 6.17. The van der Waals surface area contributed by atoms with Gasteiger partial charge in [0, 0.05) is 46.4 Å². The Bertz CT molecular complexity index is 1430. The van der Waals surface area contributed by atoms with Crippen molar-refractivity contribution in [1.82, 2.24) is 9.88 Å². The van der Waals surface area contributed by atoms with Gasteiger partial charge in [0.15, 0.2) is 0 Å². The molecule has 1 atom stereocenters. The highest BCUT2D eigenvalue weighted by atomic mass is 35.5. The van der Waals surface area contributed by atoms with E-state index >= 15 is 0 Å². The van der Waals surface area contributed by atoms with Crippen LogP contribution in [0.3, 0.4) is 0 Å². The first-order chi connectivity index (χ1) is 16.4. The molecule has 7 nitrogen and oxygen atoms in total. The summed E-state index contributed by atoms with van der Waals surface area (Å²) < 4.78 is 0. The Labute approximate surface area is 201 Å². The lowest BCUT2D eigenvalue weighted by atomic mass is 9.95. The molecule has 34 heavy (non-hydrogen) atoms. The number of aromatic hydroxyl groups is 1. The Balaban J connectivity index is 1.48. The Kier molecular flexibility index (Phi) is 5.67. The van der Waals surface area contributed by atoms with Gasteiger partial charge in [-0.05, 0) is 43.2 Å². The number of rotatable bonds is 5. The average molecular weight is 477 g/mol. The standard InChI is InChI=1S/C26H25ClN4O3/c1-30(2)14-24(33)28-17-8-7-15-9-21(29-20(15)10-17)26(34)31-13-16(12-27)25-19-6-4-3-5-18(19)23(32)11-22(25)31/h3-11,16,29,32H,12-14H2,1-2H3,(H,28,33)/t16-/m1/s1. The molecule has 0 bridgehead atoms. The van der Waals surface area contributed by atoms with Crippen molar-refractivity contribution in [2.75, 3.05) is 43.3 Å². The van der Waals surface area contributed by atoms with Crippen LogP contribution in [-0.4, -0.2) is 59.9 Å². The van der Waals surface area contributed by atoms with Crippen LogP contribution >= 0.6 is 11.6 Å². The van der Waals surface area contributed by atoms with E-state index in [0.29, 0.717) is 29.5 Å². The molecular weight excluding hydrogens is 452 g/mol. The molecule has 8 heteroatoms. The maximum Gasteiger partial charge on any atom is 0.274 e. The van der Waals surface area contributed by atoms with Crippen LogP contribution in [-0.2, 0) is 4.79 Å². The summed E-state index contributed by atoms with van der Waals surface area (Å²) in [7, 11) is 3.67. The van der Waals surface area contributed by atoms with Crippen molar-refractivity contribution in [3.05, 3.63) is 65.9 Å². The highest BCUT2D eigenvalue weighted by Crippen LogP contribution is 2.45. The highest BCUT2D eigenvalue weighted by molar-refractivity contribution is 6.19. The van der Waals surface area contributed by atoms with E-state index < -0.39 is 0 Å². The topological polar surface area (TPSA) is 88.7 Å². The molecule has 4 aromatic rings. The number of carbonyl (C=O) groups excluding carboxylic acids is 2. The first-order valence-corrected chi connectivity index (χ1v) is 11.6. The maximum atomic E-state index is 13.6. The zero-order valence-electron chi connectivity index (χ0n) is 18.9. The maximum absolute atomic E-state index is 13.6. The van der Waals surface area contributed by atoms with Crippen molar-refractivity contribution < 1.29 is 14.7 Å². The molecule has 174 valence electrons. The number of amides is 2. The summed E-state index contributed by atoms with van der Waals surface area (Å²) in [5.74, 6) is 0.165. The van der Waals surface area contributed by atoms with E-state index in [4.69, 9.17) is 11.6 Å². The molecule has 0 aliphatic carbocycles. The summed E-state index contributed by atoms with van der Waals surface area (Å²) in [5.41, 5.74) is 3.51. The number of phenols is 1. The third-order valence-corrected chi connectivity index (χ3v) is 6.54. The smallest absolute Gasteiger partial charge is 0.274 e. The molecule has 0 saturated carbocycles. The van der Waals surface area contributed by atoms with E-state index in [2.05, 4.69) is 10.3 Å². The van der Waals surface area contributed by atoms with Crippen LogP contribution < -0.4 is 10.2 Å². The number of hydrogen-bond donors (Lipinski definition) is 3. The molecular formula is C26H25ClN4O3. The summed E-state index contributed by atoms with van der Waals surface area (Å²) in [5, 5.41) is 16.0. The molecule has 0 fully saturated rings. The van der Waals surface area contributed by atoms with Gasteiger partial charge < -0.3 is 25.2 Å². The van der Waals surface area contributed by atoms with Crippen molar-refractivity contribution in [2.45, 2.75) is 5.92 Å². The van der Waals surface area contributed by atoms with Gasteiger partial charge >= 0.3 is 0 Å². The van der Waals surface area contributed by atoms with Crippen LogP contribution in [0, 0.1) is 0 Å². The first kappa shape index (κ1) is 22.3. The van der Waals surface area contributed by atoms with Crippen LogP contribution in [0.25, 0.3) is 21.7 Å². The van der Waals surface area contributed by atoms with Crippen LogP contribution in [0.5, 0.6) is 5.75 Å². The number of anilines is 2. The van der Waals surface area contributed by atoms with Gasteiger partial charge in [-0.2, -0.15) is 0 Å². The lowest BCUT2D eigenvalue weighted by Crippen LogP contribution is -2.30. The Morgan fingerprint density at radius 3 is 2.65 bits per heavy atom. The number of aromatic nitrogens is 1. The van der Waals surface area contributed by atoms with Gasteiger partial charge in [-0.15, -0.1) is 11.6 Å². The molecule has 0 radical (unpaired) electrons. The molecule has 2 amide bonds. The van der Waals surface area contributed by atoms with Gasteiger partial charge in [0.2, 0.25) is 5.91 Å². The van der Waals surface area contributed by atoms with E-state index in [1.54, 1.807) is 21.9 Å². The predicted octanol–water partition coefficient (Wildman–Crippen LogP) is 4.51. The van der Waals surface area contributed by atoms with Crippen molar-refractivity contribution in [3.63, 3.8) is 0 Å². The van der Waals surface area contributed by atoms with Crippen LogP contribution in [0.2, 0.25) is 0 Å². The number of nitrogens with zero attached hydrogens (tertiary/aromatic N) is 2. The molecule has 0 saturated heterocycles. The van der Waals surface area contributed by atoms with E-state index in [0.717, 1.165) is 27.2 Å². The van der Waals surface area contributed by atoms with E-state index in [1.165, 1.54) is 0 Å². The van der Waals surface area contributed by atoms with Gasteiger partial charge in [-0.25, -0.2) is 0 Å². The highest BCUT2D eigenvalue weighted by Gasteiger charge is 2.35. The SMILES string of the molecule is CN(C)CC(=O)Nc1ccc2cc(C(=O)N3C[C@@H](CCl)c4c3cc(O)c3ccccc43)[nH]c2c1. The van der Waals surface area contributed by atoms with Crippen molar-refractivity contribution in [1.29, 1.82) is 0 Å². The predicted molar refractivity (Wildman–Crippen MR) is 136 cm³/mol. The van der Waals surface area contributed by atoms with Crippen molar-refractivity contribution in [3.8, 4) is 5.75 Å². The number of fused-ring (bicyclic) bond motifs is 4. The number of benzene rings is 3. The fraction of sp³-hybridized carbons (Fsp3) is 0.231. The zero-order chi connectivity index (χ0) is 24.0. The largest absolute Gasteiger partial charge is 0.507 e. The first-order valence-electron chi connectivity index (χ1n) is 11.1. The number of halogens is 1. The van der Waals surface area contributed by atoms with E-state index in [1.807, 2.05) is 56.6 Å². The van der Waals surface area contributed by atoms with Crippen LogP contribution in [0.15, 0.2) is 54.6 Å². The molecule has 3 aromatic carbocycles. The summed E-state index contributed by atoms with van der Waals surface area (Å²) in [6.07, 6.45) is 0. The monoisotopic (exact) mass is 476 g/mol. The zero-order valence-corrected chi connectivity index (χ0v) is 19.7. The Hall–Kier alpha value is -3.55. The van der Waals surface area contributed by atoms with E-state index in [9.17, 15) is 14.7 Å². The average Bonchev–Trinajstić information content (AvgIpc) is 3.39. The van der Waals surface area contributed by atoms with Gasteiger partial charge in [0.1, 0.15) is 11.4 Å². The second-order valence-electron chi connectivity index (χ2n) is 8.91. The molecule has 0 unspecified atom stereocenters. The van der Waals surface area contributed by atoms with Gasteiger partial charge in [0.05, 0.1) is 12.2 Å². The molecule has 5 rings (SSSR count). The number of H-pyrrole nitrogens is 1. The molecule has 1 aliphatic rings. The molecule has 3 N–H and O–H groups in total. The van der Waals surface area contributed by atoms with Crippen LogP contribution in [0.1, 0.15) is 22.0 Å². The van der Waals surface area contributed by atoms with Crippen molar-refractivity contribution in [2.24, 2.45) is 0 Å². The number of phenolic OH excluding ortho intramolecular Hbond substituents is 1. The number of carbonyl (C=O) groups is 2. The van der Waals surface area contributed by atoms with Gasteiger partial charge in [-0.3, -0.25) is 9.59 Å². The normalized spacial score (nSPS) is 15.3. The Morgan fingerprint density at radius 2 is 1.91 bits per heavy atom. The molecule has 0 spiro atoms. The number of aromatic amines is 1. The second-order valence-corrected chi connectivity index (χ2v) is 9.22. The van der Waals surface area contributed by atoms with E-state index in [-0.39, 0.29) is 30.0 Å². The summed E-state index contributed by atoms with van der Waals surface area (Å²) in [6, 6.07) is 16.6. The molecule has 1 aromatic heterocycles. The minimum Gasteiger partial charge on any atom is -0.507 e. The number of nitrogens with one attached hydrogen (secondary N) is 2.